The number of anilines is 2. The Morgan fingerprint density at radius 3 is 2.82 bits per heavy atom. The van der Waals surface area contributed by atoms with Crippen LogP contribution < -0.4 is 5.32 Å². The number of benzene rings is 1. The molecular formula is C13H15N3O. The van der Waals surface area contributed by atoms with Gasteiger partial charge in [0.1, 0.15) is 0 Å². The van der Waals surface area contributed by atoms with Gasteiger partial charge in [0.2, 0.25) is 5.95 Å². The van der Waals surface area contributed by atoms with Crippen molar-refractivity contribution in [3.05, 3.63) is 47.8 Å². The van der Waals surface area contributed by atoms with Crippen molar-refractivity contribution in [3.8, 4) is 0 Å². The van der Waals surface area contributed by atoms with Crippen LogP contribution in [0.3, 0.4) is 0 Å². The number of hydrogen-bond acceptors (Lipinski definition) is 4. The number of aromatic nitrogens is 2. The molecule has 0 bridgehead atoms. The highest BCUT2D eigenvalue weighted by Crippen LogP contribution is 2.18. The van der Waals surface area contributed by atoms with Crippen molar-refractivity contribution in [2.24, 2.45) is 0 Å². The summed E-state index contributed by atoms with van der Waals surface area (Å²) in [5.74, 6) is 0.512. The number of nitrogens with one attached hydrogen (secondary N) is 1. The molecule has 0 saturated heterocycles. The van der Waals surface area contributed by atoms with E-state index in [-0.39, 0.29) is 6.61 Å². The number of aryl methyl sites for hydroxylation is 1. The highest BCUT2D eigenvalue weighted by molar-refractivity contribution is 5.58. The fourth-order valence-electron chi connectivity index (χ4n) is 1.62. The number of nitrogens with zero attached hydrogens (tertiary/aromatic N) is 2. The molecule has 0 atom stereocenters. The van der Waals surface area contributed by atoms with E-state index in [9.17, 15) is 0 Å². The third kappa shape index (κ3) is 2.79. The Labute approximate surface area is 100 Å². The van der Waals surface area contributed by atoms with Crippen LogP contribution in [0, 0.1) is 0 Å². The van der Waals surface area contributed by atoms with Crippen LogP contribution in [0.4, 0.5) is 11.6 Å². The first-order chi connectivity index (χ1) is 8.33. The molecule has 0 aliphatic rings. The minimum absolute atomic E-state index is 0.0768. The molecule has 0 spiro atoms. The van der Waals surface area contributed by atoms with E-state index in [2.05, 4.69) is 28.3 Å². The molecule has 2 N–H and O–H groups in total. The smallest absolute Gasteiger partial charge is 0.227 e. The maximum atomic E-state index is 9.01. The predicted octanol–water partition coefficient (Wildman–Crippen LogP) is 2.27. The number of aliphatic hydroxyl groups excluding tert-OH is 1. The zero-order valence-electron chi connectivity index (χ0n) is 9.72. The molecular weight excluding hydrogens is 214 g/mol. The summed E-state index contributed by atoms with van der Waals surface area (Å²) in [6.07, 6.45) is 2.58. The van der Waals surface area contributed by atoms with Crippen molar-refractivity contribution >= 4 is 11.6 Å². The van der Waals surface area contributed by atoms with E-state index in [0.29, 0.717) is 11.6 Å². The molecule has 17 heavy (non-hydrogen) atoms. The van der Waals surface area contributed by atoms with E-state index in [1.54, 1.807) is 12.3 Å². The van der Waals surface area contributed by atoms with E-state index in [4.69, 9.17) is 5.11 Å². The van der Waals surface area contributed by atoms with Crippen molar-refractivity contribution in [2.45, 2.75) is 20.0 Å². The van der Waals surface area contributed by atoms with E-state index < -0.39 is 0 Å². The largest absolute Gasteiger partial charge is 0.390 e. The molecule has 4 nitrogen and oxygen atoms in total. The topological polar surface area (TPSA) is 58.0 Å². The van der Waals surface area contributed by atoms with Gasteiger partial charge in [-0.3, -0.25) is 0 Å². The summed E-state index contributed by atoms with van der Waals surface area (Å²) in [5, 5.41) is 12.2. The average Bonchev–Trinajstić information content (AvgIpc) is 2.39. The second-order valence-electron chi connectivity index (χ2n) is 3.67. The van der Waals surface area contributed by atoms with Gasteiger partial charge in [-0.05, 0) is 24.1 Å². The third-order valence-electron chi connectivity index (χ3n) is 2.52. The third-order valence-corrected chi connectivity index (χ3v) is 2.52. The van der Waals surface area contributed by atoms with Gasteiger partial charge in [0.05, 0.1) is 12.3 Å². The normalized spacial score (nSPS) is 10.2. The summed E-state index contributed by atoms with van der Waals surface area (Å²) >= 11 is 0. The molecule has 1 aromatic heterocycles. The molecule has 0 amide bonds. The lowest BCUT2D eigenvalue weighted by Crippen LogP contribution is -2.01. The van der Waals surface area contributed by atoms with Gasteiger partial charge in [-0.1, -0.05) is 25.1 Å². The van der Waals surface area contributed by atoms with Crippen LogP contribution >= 0.6 is 0 Å². The van der Waals surface area contributed by atoms with Crippen molar-refractivity contribution in [1.29, 1.82) is 0 Å². The minimum Gasteiger partial charge on any atom is -0.390 e. The Bertz CT molecular complexity index is 500. The quantitative estimate of drug-likeness (QED) is 0.844. The van der Waals surface area contributed by atoms with Gasteiger partial charge < -0.3 is 10.4 Å². The predicted molar refractivity (Wildman–Crippen MR) is 67.1 cm³/mol. The molecule has 1 heterocycles. The Hall–Kier alpha value is -1.94. The van der Waals surface area contributed by atoms with E-state index in [1.807, 2.05) is 18.2 Å². The van der Waals surface area contributed by atoms with Gasteiger partial charge in [0, 0.05) is 11.9 Å². The van der Waals surface area contributed by atoms with Gasteiger partial charge in [0.25, 0.3) is 0 Å². The molecule has 0 saturated carbocycles. The Kier molecular flexibility index (Phi) is 3.67. The average molecular weight is 229 g/mol. The van der Waals surface area contributed by atoms with Crippen LogP contribution in [0.5, 0.6) is 0 Å². The SMILES string of the molecule is CCc1ccccc1Nc1nccc(CO)n1. The van der Waals surface area contributed by atoms with Gasteiger partial charge in [0.15, 0.2) is 0 Å². The van der Waals surface area contributed by atoms with Gasteiger partial charge >= 0.3 is 0 Å². The van der Waals surface area contributed by atoms with Crippen LogP contribution in [0.1, 0.15) is 18.2 Å². The summed E-state index contributed by atoms with van der Waals surface area (Å²) in [6.45, 7) is 2.03. The minimum atomic E-state index is -0.0768. The summed E-state index contributed by atoms with van der Waals surface area (Å²) < 4.78 is 0. The van der Waals surface area contributed by atoms with E-state index in [1.165, 1.54) is 5.56 Å². The Balaban J connectivity index is 2.24. The van der Waals surface area contributed by atoms with Crippen LogP contribution in [0.15, 0.2) is 36.5 Å². The number of rotatable bonds is 4. The fourth-order valence-corrected chi connectivity index (χ4v) is 1.62. The van der Waals surface area contributed by atoms with Crippen LogP contribution in [0.2, 0.25) is 0 Å². The lowest BCUT2D eigenvalue weighted by atomic mass is 10.1. The Morgan fingerprint density at radius 1 is 1.24 bits per heavy atom. The number of hydrogen-bond donors (Lipinski definition) is 2. The maximum Gasteiger partial charge on any atom is 0.227 e. The van der Waals surface area contributed by atoms with Crippen LogP contribution in [-0.4, -0.2) is 15.1 Å². The molecule has 0 aliphatic carbocycles. The summed E-state index contributed by atoms with van der Waals surface area (Å²) in [6, 6.07) is 9.73. The standard InChI is InChI=1S/C13H15N3O/c1-2-10-5-3-4-6-12(10)16-13-14-8-7-11(9-17)15-13/h3-8,17H,2,9H2,1H3,(H,14,15,16). The van der Waals surface area contributed by atoms with E-state index in [0.717, 1.165) is 12.1 Å². The summed E-state index contributed by atoms with van der Waals surface area (Å²) in [7, 11) is 0. The molecule has 4 heteroatoms. The zero-order valence-corrected chi connectivity index (χ0v) is 9.72. The molecule has 0 radical (unpaired) electrons. The first-order valence-electron chi connectivity index (χ1n) is 5.61. The van der Waals surface area contributed by atoms with Crippen LogP contribution in [-0.2, 0) is 13.0 Å². The monoisotopic (exact) mass is 229 g/mol. The first-order valence-corrected chi connectivity index (χ1v) is 5.61. The van der Waals surface area contributed by atoms with Gasteiger partial charge in [-0.2, -0.15) is 0 Å². The molecule has 2 aromatic rings. The zero-order chi connectivity index (χ0) is 12.1. The van der Waals surface area contributed by atoms with Crippen molar-refractivity contribution in [2.75, 3.05) is 5.32 Å². The first kappa shape index (κ1) is 11.5. The van der Waals surface area contributed by atoms with Crippen molar-refractivity contribution in [1.82, 2.24) is 9.97 Å². The summed E-state index contributed by atoms with van der Waals surface area (Å²) in [4.78, 5) is 8.31. The lowest BCUT2D eigenvalue weighted by Gasteiger charge is -2.09. The second-order valence-corrected chi connectivity index (χ2v) is 3.67. The van der Waals surface area contributed by atoms with Crippen LogP contribution in [0.25, 0.3) is 0 Å². The number of para-hydroxylation sites is 1. The van der Waals surface area contributed by atoms with Crippen molar-refractivity contribution in [3.63, 3.8) is 0 Å². The highest BCUT2D eigenvalue weighted by atomic mass is 16.3. The van der Waals surface area contributed by atoms with E-state index >= 15 is 0 Å². The van der Waals surface area contributed by atoms with Gasteiger partial charge in [-0.25, -0.2) is 9.97 Å². The number of aliphatic hydroxyl groups is 1. The lowest BCUT2D eigenvalue weighted by molar-refractivity contribution is 0.277. The molecule has 2 rings (SSSR count). The summed E-state index contributed by atoms with van der Waals surface area (Å²) in [5.41, 5.74) is 2.83. The molecule has 0 unspecified atom stereocenters. The fraction of sp³-hybridized carbons (Fsp3) is 0.231. The Morgan fingerprint density at radius 2 is 2.06 bits per heavy atom. The molecule has 0 fully saturated rings. The highest BCUT2D eigenvalue weighted by Gasteiger charge is 2.02. The molecule has 1 aromatic carbocycles. The second kappa shape index (κ2) is 5.41. The molecule has 0 aliphatic heterocycles. The van der Waals surface area contributed by atoms with Crippen molar-refractivity contribution < 1.29 is 5.11 Å². The maximum absolute atomic E-state index is 9.01. The van der Waals surface area contributed by atoms with Gasteiger partial charge in [-0.15, -0.1) is 0 Å². The molecule has 88 valence electrons.